The van der Waals surface area contributed by atoms with Gasteiger partial charge in [0.15, 0.2) is 12.6 Å². The average Bonchev–Trinajstić information content (AvgIpc) is 2.85. The molecule has 10 atom stereocenters. The molecule has 7 N–H and O–H groups in total. The summed E-state index contributed by atoms with van der Waals surface area (Å²) in [6, 6.07) is 5.70. The molecule has 0 bridgehead atoms. The van der Waals surface area contributed by atoms with E-state index in [1.165, 1.54) is 14.0 Å². The summed E-state index contributed by atoms with van der Waals surface area (Å²) in [5, 5.41) is 56.9. The van der Waals surface area contributed by atoms with Gasteiger partial charge in [0.25, 0.3) is 5.91 Å². The maximum atomic E-state index is 12.6. The minimum atomic E-state index is -1.65. The molecule has 0 aromatic heterocycles. The van der Waals surface area contributed by atoms with Crippen molar-refractivity contribution in [1.29, 1.82) is 0 Å². The van der Waals surface area contributed by atoms with Crippen LogP contribution in [-0.2, 0) is 23.7 Å². The summed E-state index contributed by atoms with van der Waals surface area (Å²) in [4.78, 5) is 24.3. The Labute approximate surface area is 201 Å². The number of amides is 2. The number of carbonyl (C=O) groups is 2. The van der Waals surface area contributed by atoms with E-state index in [-0.39, 0.29) is 5.56 Å². The molecule has 0 unspecified atom stereocenters. The number of rotatable bonds is 8. The van der Waals surface area contributed by atoms with Gasteiger partial charge in [-0.3, -0.25) is 9.59 Å². The van der Waals surface area contributed by atoms with Crippen molar-refractivity contribution in [2.45, 2.75) is 68.2 Å². The summed E-state index contributed by atoms with van der Waals surface area (Å²) in [7, 11) is 1.29. The largest absolute Gasteiger partial charge is 0.394 e. The predicted molar refractivity (Wildman–Crippen MR) is 117 cm³/mol. The zero-order chi connectivity index (χ0) is 25.7. The van der Waals surface area contributed by atoms with E-state index in [0.29, 0.717) is 0 Å². The highest BCUT2D eigenvalue weighted by Crippen LogP contribution is 2.29. The number of hydrogen-bond acceptors (Lipinski definition) is 11. The Morgan fingerprint density at radius 1 is 0.886 bits per heavy atom. The molecule has 3 rings (SSSR count). The number of ether oxygens (including phenoxy) is 4. The molecule has 2 saturated heterocycles. The summed E-state index contributed by atoms with van der Waals surface area (Å²) in [6.07, 6.45) is -11.0. The molecule has 2 fully saturated rings. The monoisotopic (exact) mass is 500 g/mol. The van der Waals surface area contributed by atoms with Crippen LogP contribution in [0, 0.1) is 0 Å². The Hall–Kier alpha value is -2.20. The molecule has 2 aliphatic heterocycles. The summed E-state index contributed by atoms with van der Waals surface area (Å²) >= 11 is 0. The number of carbonyl (C=O) groups excluding carboxylic acids is 2. The minimum absolute atomic E-state index is 0.275. The average molecular weight is 501 g/mol. The van der Waals surface area contributed by atoms with E-state index >= 15 is 0 Å². The first-order valence-corrected chi connectivity index (χ1v) is 11.1. The van der Waals surface area contributed by atoms with E-state index in [1.807, 2.05) is 0 Å². The summed E-state index contributed by atoms with van der Waals surface area (Å²) in [5.41, 5.74) is 0.275. The summed E-state index contributed by atoms with van der Waals surface area (Å²) in [5.74, 6) is -1.07. The zero-order valence-corrected chi connectivity index (χ0v) is 19.3. The maximum Gasteiger partial charge on any atom is 0.251 e. The van der Waals surface area contributed by atoms with E-state index in [0.717, 1.165) is 0 Å². The number of methoxy groups -OCH3 is 1. The molecule has 196 valence electrons. The summed E-state index contributed by atoms with van der Waals surface area (Å²) < 4.78 is 22.0. The van der Waals surface area contributed by atoms with Crippen molar-refractivity contribution >= 4 is 11.8 Å². The van der Waals surface area contributed by atoms with E-state index < -0.39 is 86.3 Å². The first-order valence-electron chi connectivity index (χ1n) is 11.1. The van der Waals surface area contributed by atoms with Gasteiger partial charge in [0.2, 0.25) is 5.91 Å². The van der Waals surface area contributed by atoms with Crippen molar-refractivity contribution in [1.82, 2.24) is 10.6 Å². The van der Waals surface area contributed by atoms with Crippen molar-refractivity contribution in [3.8, 4) is 0 Å². The highest BCUT2D eigenvalue weighted by molar-refractivity contribution is 5.94. The number of hydrogen-bond donors (Lipinski definition) is 7. The second-order valence-corrected chi connectivity index (χ2v) is 8.35. The minimum Gasteiger partial charge on any atom is -0.394 e. The van der Waals surface area contributed by atoms with E-state index in [2.05, 4.69) is 10.6 Å². The summed E-state index contributed by atoms with van der Waals surface area (Å²) in [6.45, 7) is -0.0506. The molecule has 2 heterocycles. The molecule has 0 aliphatic carbocycles. The molecule has 0 radical (unpaired) electrons. The van der Waals surface area contributed by atoms with Crippen LogP contribution in [0.3, 0.4) is 0 Å². The Morgan fingerprint density at radius 2 is 1.51 bits per heavy atom. The Kier molecular flexibility index (Phi) is 9.52. The van der Waals surface area contributed by atoms with Crippen molar-refractivity contribution in [2.75, 3.05) is 20.3 Å². The third kappa shape index (κ3) is 6.14. The van der Waals surface area contributed by atoms with Crippen molar-refractivity contribution in [2.24, 2.45) is 0 Å². The van der Waals surface area contributed by atoms with Gasteiger partial charge in [0.1, 0.15) is 42.7 Å². The fraction of sp³-hybridized carbons (Fsp3) is 0.636. The van der Waals surface area contributed by atoms with Crippen LogP contribution >= 0.6 is 0 Å². The molecule has 35 heavy (non-hydrogen) atoms. The first-order chi connectivity index (χ1) is 16.7. The third-order valence-electron chi connectivity index (χ3n) is 5.96. The third-order valence-corrected chi connectivity index (χ3v) is 5.96. The van der Waals surface area contributed by atoms with Gasteiger partial charge in [-0.1, -0.05) is 18.2 Å². The van der Waals surface area contributed by atoms with E-state index in [9.17, 15) is 35.1 Å². The van der Waals surface area contributed by atoms with E-state index in [1.54, 1.807) is 30.3 Å². The quantitative estimate of drug-likeness (QED) is 0.190. The van der Waals surface area contributed by atoms with Crippen molar-refractivity contribution in [3.05, 3.63) is 35.9 Å². The molecule has 2 aliphatic rings. The molecule has 13 heteroatoms. The molecular weight excluding hydrogens is 468 g/mol. The molecule has 1 aromatic rings. The van der Waals surface area contributed by atoms with Gasteiger partial charge < -0.3 is 55.1 Å². The normalized spacial score (nSPS) is 37.5. The number of benzene rings is 1. The zero-order valence-electron chi connectivity index (χ0n) is 19.3. The van der Waals surface area contributed by atoms with Crippen LogP contribution in [0.1, 0.15) is 17.3 Å². The first kappa shape index (κ1) is 27.4. The topological polar surface area (TPSA) is 196 Å². The highest BCUT2D eigenvalue weighted by atomic mass is 16.7. The lowest BCUT2D eigenvalue weighted by Crippen LogP contribution is -2.69. The molecule has 2 amide bonds. The second kappa shape index (κ2) is 12.2. The SMILES string of the molecule is CO[C@@H]1O[C@H](CO)[C@@H](O[C@@H]2O[C@H](CO)[C@H](O)[C@H](NC(=O)c3ccccc3)[C@H]2O)[C@H](O)[C@H]1NC(C)=O. The molecule has 0 spiro atoms. The van der Waals surface area contributed by atoms with Crippen LogP contribution < -0.4 is 10.6 Å². The fourth-order valence-corrected chi connectivity index (χ4v) is 4.17. The molecule has 0 saturated carbocycles. The van der Waals surface area contributed by atoms with Gasteiger partial charge in [-0.05, 0) is 12.1 Å². The smallest absolute Gasteiger partial charge is 0.251 e. The lowest BCUT2D eigenvalue weighted by atomic mass is 9.94. The predicted octanol–water partition coefficient (Wildman–Crippen LogP) is -3.16. The van der Waals surface area contributed by atoms with Gasteiger partial charge in [-0.25, -0.2) is 0 Å². The Bertz CT molecular complexity index is 844. The fourth-order valence-electron chi connectivity index (χ4n) is 4.17. The molecular formula is C22H32N2O11. The maximum absolute atomic E-state index is 12.6. The van der Waals surface area contributed by atoms with Crippen LogP contribution in [0.15, 0.2) is 30.3 Å². The van der Waals surface area contributed by atoms with Crippen LogP contribution in [0.2, 0.25) is 0 Å². The van der Waals surface area contributed by atoms with Gasteiger partial charge in [-0.2, -0.15) is 0 Å². The van der Waals surface area contributed by atoms with Crippen LogP contribution in [0.5, 0.6) is 0 Å². The lowest BCUT2D eigenvalue weighted by molar-refractivity contribution is -0.336. The van der Waals surface area contributed by atoms with Crippen LogP contribution in [0.25, 0.3) is 0 Å². The number of nitrogens with one attached hydrogen (secondary N) is 2. The number of aliphatic hydroxyl groups excluding tert-OH is 5. The Morgan fingerprint density at radius 3 is 2.09 bits per heavy atom. The Balaban J connectivity index is 1.81. The van der Waals surface area contributed by atoms with Gasteiger partial charge in [-0.15, -0.1) is 0 Å². The van der Waals surface area contributed by atoms with Gasteiger partial charge in [0.05, 0.1) is 19.3 Å². The second-order valence-electron chi connectivity index (χ2n) is 8.35. The van der Waals surface area contributed by atoms with Crippen LogP contribution in [-0.4, -0.2) is 119 Å². The lowest BCUT2D eigenvalue weighted by Gasteiger charge is -2.47. The molecule has 1 aromatic carbocycles. The van der Waals surface area contributed by atoms with Crippen LogP contribution in [0.4, 0.5) is 0 Å². The van der Waals surface area contributed by atoms with E-state index in [4.69, 9.17) is 18.9 Å². The highest BCUT2D eigenvalue weighted by Gasteiger charge is 2.51. The standard InChI is InChI=1S/C22H32N2O11/c1-10(27)23-15-17(29)19(13(9-26)34-21(15)32-2)35-22-18(30)14(16(28)12(8-25)33-22)24-20(31)11-6-4-3-5-7-11/h3-7,12-19,21-22,25-26,28-30H,8-9H2,1-2H3,(H,23,27)(H,24,31)/t12-,13-,14+,15-,16+,17-,18-,19-,21-,22+/m1/s1. The molecule has 13 nitrogen and oxygen atoms in total. The van der Waals surface area contributed by atoms with Crippen molar-refractivity contribution < 1.29 is 54.1 Å². The number of aliphatic hydroxyl groups is 5. The van der Waals surface area contributed by atoms with Gasteiger partial charge >= 0.3 is 0 Å². The van der Waals surface area contributed by atoms with Crippen molar-refractivity contribution in [3.63, 3.8) is 0 Å². The van der Waals surface area contributed by atoms with Gasteiger partial charge in [0, 0.05) is 19.6 Å².